The summed E-state index contributed by atoms with van der Waals surface area (Å²) in [6.07, 6.45) is 1.89. The van der Waals surface area contributed by atoms with Gasteiger partial charge in [-0.3, -0.25) is 14.5 Å². The molecule has 6 nitrogen and oxygen atoms in total. The SMILES string of the molecule is CCN1CCN(CCNC(=O)c2ccc3c(c2)NC(=O)C(=Cc2ccc(C)cc2)S3)CC1. The van der Waals surface area contributed by atoms with E-state index in [4.69, 9.17) is 0 Å². The van der Waals surface area contributed by atoms with Crippen molar-refractivity contribution >= 4 is 35.3 Å². The Morgan fingerprint density at radius 3 is 2.53 bits per heavy atom. The molecule has 4 rings (SSSR count). The third kappa shape index (κ3) is 5.59. The van der Waals surface area contributed by atoms with Gasteiger partial charge in [0.15, 0.2) is 0 Å². The second-order valence-electron chi connectivity index (χ2n) is 8.22. The molecule has 2 N–H and O–H groups in total. The molecule has 2 aromatic carbocycles. The summed E-state index contributed by atoms with van der Waals surface area (Å²) in [6, 6.07) is 13.6. The topological polar surface area (TPSA) is 64.7 Å². The van der Waals surface area contributed by atoms with Crippen molar-refractivity contribution < 1.29 is 9.59 Å². The van der Waals surface area contributed by atoms with Gasteiger partial charge in [-0.1, -0.05) is 48.5 Å². The van der Waals surface area contributed by atoms with Crippen LogP contribution in [0.1, 0.15) is 28.4 Å². The average molecular weight is 451 g/mol. The first kappa shape index (κ1) is 22.6. The highest BCUT2D eigenvalue weighted by Crippen LogP contribution is 2.39. The first-order chi connectivity index (χ1) is 15.5. The summed E-state index contributed by atoms with van der Waals surface area (Å²) >= 11 is 1.43. The first-order valence-corrected chi connectivity index (χ1v) is 12.0. The molecule has 0 saturated carbocycles. The molecule has 2 aliphatic heterocycles. The van der Waals surface area contributed by atoms with Gasteiger partial charge in [0.1, 0.15) is 0 Å². The van der Waals surface area contributed by atoms with Crippen LogP contribution in [-0.4, -0.2) is 67.4 Å². The van der Waals surface area contributed by atoms with E-state index in [1.807, 2.05) is 49.4 Å². The first-order valence-electron chi connectivity index (χ1n) is 11.2. The Bertz CT molecular complexity index is 1010. The van der Waals surface area contributed by atoms with Crippen molar-refractivity contribution in [2.45, 2.75) is 18.7 Å². The molecule has 0 spiro atoms. The minimum absolute atomic E-state index is 0.111. The van der Waals surface area contributed by atoms with Crippen LogP contribution in [0.4, 0.5) is 5.69 Å². The van der Waals surface area contributed by atoms with Crippen LogP contribution in [0.5, 0.6) is 0 Å². The largest absolute Gasteiger partial charge is 0.351 e. The third-order valence-electron chi connectivity index (χ3n) is 5.93. The maximum Gasteiger partial charge on any atom is 0.262 e. The molecule has 0 aromatic heterocycles. The van der Waals surface area contributed by atoms with Crippen LogP contribution in [0.3, 0.4) is 0 Å². The van der Waals surface area contributed by atoms with Gasteiger partial charge in [-0.2, -0.15) is 0 Å². The number of hydrogen-bond donors (Lipinski definition) is 2. The lowest BCUT2D eigenvalue weighted by Crippen LogP contribution is -2.48. The second-order valence-corrected chi connectivity index (χ2v) is 9.30. The van der Waals surface area contributed by atoms with Crippen LogP contribution in [0.15, 0.2) is 52.3 Å². The summed E-state index contributed by atoms with van der Waals surface area (Å²) in [5.41, 5.74) is 3.42. The number of piperazine rings is 1. The van der Waals surface area contributed by atoms with Crippen molar-refractivity contribution in [1.82, 2.24) is 15.1 Å². The highest BCUT2D eigenvalue weighted by Gasteiger charge is 2.22. The predicted octanol–water partition coefficient (Wildman–Crippen LogP) is 3.45. The standard InChI is InChI=1S/C25H30N4O2S/c1-3-28-12-14-29(15-13-28)11-10-26-24(30)20-8-9-22-21(17-20)27-25(31)23(32-22)16-19-6-4-18(2)5-7-19/h4-9,16-17H,3,10-15H2,1-2H3,(H,26,30)(H,27,31). The number of thioether (sulfide) groups is 1. The molecule has 1 saturated heterocycles. The van der Waals surface area contributed by atoms with Crippen LogP contribution >= 0.6 is 11.8 Å². The van der Waals surface area contributed by atoms with Crippen molar-refractivity contribution in [2.75, 3.05) is 51.1 Å². The van der Waals surface area contributed by atoms with E-state index in [-0.39, 0.29) is 11.8 Å². The molecule has 2 aliphatic rings. The van der Waals surface area contributed by atoms with Gasteiger partial charge in [0.2, 0.25) is 0 Å². The smallest absolute Gasteiger partial charge is 0.262 e. The van der Waals surface area contributed by atoms with Gasteiger partial charge < -0.3 is 15.5 Å². The molecule has 2 heterocycles. The molecule has 0 unspecified atom stereocenters. The summed E-state index contributed by atoms with van der Waals surface area (Å²) in [7, 11) is 0. The second kappa shape index (κ2) is 10.3. The molecule has 2 amide bonds. The van der Waals surface area contributed by atoms with Crippen LogP contribution in [0, 0.1) is 6.92 Å². The zero-order chi connectivity index (χ0) is 22.5. The number of nitrogens with zero attached hydrogens (tertiary/aromatic N) is 2. The van der Waals surface area contributed by atoms with E-state index < -0.39 is 0 Å². The van der Waals surface area contributed by atoms with Crippen molar-refractivity contribution in [3.63, 3.8) is 0 Å². The van der Waals surface area contributed by atoms with Crippen molar-refractivity contribution in [3.05, 3.63) is 64.1 Å². The number of amides is 2. The van der Waals surface area contributed by atoms with Crippen molar-refractivity contribution in [1.29, 1.82) is 0 Å². The summed E-state index contributed by atoms with van der Waals surface area (Å²) in [5, 5.41) is 5.94. The zero-order valence-electron chi connectivity index (χ0n) is 18.7. The lowest BCUT2D eigenvalue weighted by molar-refractivity contribution is -0.112. The van der Waals surface area contributed by atoms with Crippen molar-refractivity contribution in [3.8, 4) is 0 Å². The van der Waals surface area contributed by atoms with Gasteiger partial charge in [0, 0.05) is 49.7 Å². The maximum absolute atomic E-state index is 12.6. The van der Waals surface area contributed by atoms with E-state index in [9.17, 15) is 9.59 Å². The van der Waals surface area contributed by atoms with E-state index in [0.717, 1.165) is 49.7 Å². The molecular weight excluding hydrogens is 420 g/mol. The molecule has 0 aliphatic carbocycles. The minimum Gasteiger partial charge on any atom is -0.351 e. The number of benzene rings is 2. The van der Waals surface area contributed by atoms with Gasteiger partial charge in [0.05, 0.1) is 10.6 Å². The Kier molecular flexibility index (Phi) is 7.29. The molecule has 2 aromatic rings. The van der Waals surface area contributed by atoms with Crippen LogP contribution < -0.4 is 10.6 Å². The quantitative estimate of drug-likeness (QED) is 0.660. The third-order valence-corrected chi connectivity index (χ3v) is 7.03. The highest BCUT2D eigenvalue weighted by atomic mass is 32.2. The van der Waals surface area contributed by atoms with Gasteiger partial charge in [-0.25, -0.2) is 0 Å². The molecule has 7 heteroatoms. The fourth-order valence-electron chi connectivity index (χ4n) is 3.87. The van der Waals surface area contributed by atoms with E-state index in [2.05, 4.69) is 27.4 Å². The van der Waals surface area contributed by atoms with Gasteiger partial charge in [-0.15, -0.1) is 0 Å². The minimum atomic E-state index is -0.146. The Balaban J connectivity index is 1.34. The van der Waals surface area contributed by atoms with Crippen LogP contribution in [0.2, 0.25) is 0 Å². The van der Waals surface area contributed by atoms with Gasteiger partial charge >= 0.3 is 0 Å². The molecule has 0 atom stereocenters. The highest BCUT2D eigenvalue weighted by molar-refractivity contribution is 8.04. The monoisotopic (exact) mass is 450 g/mol. The number of likely N-dealkylation sites (N-methyl/N-ethyl adjacent to an activating group) is 1. The number of carbonyl (C=O) groups is 2. The van der Waals surface area contributed by atoms with Crippen LogP contribution in [0.25, 0.3) is 6.08 Å². The number of nitrogens with one attached hydrogen (secondary N) is 2. The van der Waals surface area contributed by atoms with Gasteiger partial charge in [0.25, 0.3) is 11.8 Å². The number of aryl methyl sites for hydroxylation is 1. The number of fused-ring (bicyclic) bond motifs is 1. The maximum atomic E-state index is 12.6. The van der Waals surface area contributed by atoms with E-state index in [1.54, 1.807) is 6.07 Å². The Morgan fingerprint density at radius 2 is 1.81 bits per heavy atom. The fraction of sp³-hybridized carbons (Fsp3) is 0.360. The Hall–Kier alpha value is -2.61. The molecule has 0 bridgehead atoms. The number of rotatable bonds is 6. The number of carbonyl (C=O) groups excluding carboxylic acids is 2. The average Bonchev–Trinajstić information content (AvgIpc) is 2.81. The molecule has 0 radical (unpaired) electrons. The fourth-order valence-corrected chi connectivity index (χ4v) is 4.81. The number of anilines is 1. The van der Waals surface area contributed by atoms with Crippen molar-refractivity contribution in [2.24, 2.45) is 0 Å². The molecule has 32 heavy (non-hydrogen) atoms. The Labute approximate surface area is 194 Å². The van der Waals surface area contributed by atoms with E-state index in [0.29, 0.717) is 22.7 Å². The van der Waals surface area contributed by atoms with E-state index >= 15 is 0 Å². The van der Waals surface area contributed by atoms with Crippen LogP contribution in [-0.2, 0) is 4.79 Å². The zero-order valence-corrected chi connectivity index (χ0v) is 19.5. The normalized spacial score (nSPS) is 18.3. The lowest BCUT2D eigenvalue weighted by atomic mass is 10.1. The summed E-state index contributed by atoms with van der Waals surface area (Å²) in [5.74, 6) is -0.257. The summed E-state index contributed by atoms with van der Waals surface area (Å²) < 4.78 is 0. The lowest BCUT2D eigenvalue weighted by Gasteiger charge is -2.33. The summed E-state index contributed by atoms with van der Waals surface area (Å²) in [4.78, 5) is 31.6. The Morgan fingerprint density at radius 1 is 1.09 bits per heavy atom. The van der Waals surface area contributed by atoms with Gasteiger partial charge in [-0.05, 0) is 43.3 Å². The summed E-state index contributed by atoms with van der Waals surface area (Å²) in [6.45, 7) is 11.1. The molecular formula is C25H30N4O2S. The molecule has 1 fully saturated rings. The predicted molar refractivity (Wildman–Crippen MR) is 131 cm³/mol. The van der Waals surface area contributed by atoms with E-state index in [1.165, 1.54) is 17.3 Å². The number of hydrogen-bond acceptors (Lipinski definition) is 5. The molecule has 168 valence electrons.